The van der Waals surface area contributed by atoms with E-state index < -0.39 is 0 Å². The molecule has 3 nitrogen and oxygen atoms in total. The van der Waals surface area contributed by atoms with Gasteiger partial charge in [0.2, 0.25) is 0 Å². The second kappa shape index (κ2) is 2.34. The third kappa shape index (κ3) is 1.28. The maximum atomic E-state index is 5.66. The standard InChI is InChI=1S/C7H8ClN3/c8-5-3-10-7(9)6(11-5)4-1-2-4/h3-4H,1-2H2,(H2,9,10). The molecule has 0 amide bonds. The van der Waals surface area contributed by atoms with Crippen LogP contribution in [0, 0.1) is 0 Å². The fourth-order valence-electron chi connectivity index (χ4n) is 1.05. The van der Waals surface area contributed by atoms with Crippen molar-refractivity contribution >= 4 is 17.4 Å². The van der Waals surface area contributed by atoms with Crippen molar-refractivity contribution in [2.45, 2.75) is 18.8 Å². The van der Waals surface area contributed by atoms with Crippen molar-refractivity contribution in [2.75, 3.05) is 5.73 Å². The molecular weight excluding hydrogens is 162 g/mol. The van der Waals surface area contributed by atoms with Gasteiger partial charge in [-0.25, -0.2) is 9.97 Å². The minimum Gasteiger partial charge on any atom is -0.382 e. The monoisotopic (exact) mass is 169 g/mol. The largest absolute Gasteiger partial charge is 0.382 e. The van der Waals surface area contributed by atoms with E-state index in [1.807, 2.05) is 0 Å². The van der Waals surface area contributed by atoms with Gasteiger partial charge < -0.3 is 5.73 Å². The molecule has 1 aliphatic carbocycles. The van der Waals surface area contributed by atoms with Crippen molar-refractivity contribution in [1.82, 2.24) is 9.97 Å². The molecular formula is C7H8ClN3. The lowest BCUT2D eigenvalue weighted by molar-refractivity contribution is 0.998. The van der Waals surface area contributed by atoms with Gasteiger partial charge in [-0.2, -0.15) is 0 Å². The lowest BCUT2D eigenvalue weighted by Crippen LogP contribution is -1.99. The minimum atomic E-state index is 0.432. The Kier molecular flexibility index (Phi) is 1.46. The number of nitrogens with zero attached hydrogens (tertiary/aromatic N) is 2. The van der Waals surface area contributed by atoms with Gasteiger partial charge in [-0.05, 0) is 12.8 Å². The summed E-state index contributed by atoms with van der Waals surface area (Å²) in [6.07, 6.45) is 3.81. The molecule has 0 aromatic carbocycles. The van der Waals surface area contributed by atoms with E-state index in [1.165, 1.54) is 19.0 Å². The molecule has 0 spiro atoms. The average Bonchev–Trinajstić information content (AvgIpc) is 2.76. The van der Waals surface area contributed by atoms with Crippen LogP contribution >= 0.6 is 11.6 Å². The molecule has 0 saturated heterocycles. The number of hydrogen-bond donors (Lipinski definition) is 1. The number of halogens is 1. The summed E-state index contributed by atoms with van der Waals surface area (Å²) in [6, 6.07) is 0. The first kappa shape index (κ1) is 6.85. The predicted octanol–water partition coefficient (Wildman–Crippen LogP) is 1.59. The predicted molar refractivity (Wildman–Crippen MR) is 43.4 cm³/mol. The molecule has 11 heavy (non-hydrogen) atoms. The van der Waals surface area contributed by atoms with Crippen LogP contribution in [-0.4, -0.2) is 9.97 Å². The van der Waals surface area contributed by atoms with Crippen molar-refractivity contribution in [3.8, 4) is 0 Å². The van der Waals surface area contributed by atoms with Crippen LogP contribution in [0.5, 0.6) is 0 Å². The molecule has 2 rings (SSSR count). The van der Waals surface area contributed by atoms with E-state index in [1.54, 1.807) is 0 Å². The number of nitrogens with two attached hydrogens (primary N) is 1. The van der Waals surface area contributed by atoms with Crippen molar-refractivity contribution in [3.63, 3.8) is 0 Å². The van der Waals surface area contributed by atoms with Gasteiger partial charge >= 0.3 is 0 Å². The average molecular weight is 170 g/mol. The fourth-order valence-corrected chi connectivity index (χ4v) is 1.19. The van der Waals surface area contributed by atoms with Crippen LogP contribution in [0.25, 0.3) is 0 Å². The lowest BCUT2D eigenvalue weighted by Gasteiger charge is -2.00. The number of hydrogen-bond acceptors (Lipinski definition) is 3. The summed E-state index contributed by atoms with van der Waals surface area (Å²) in [7, 11) is 0. The van der Waals surface area contributed by atoms with Gasteiger partial charge in [0.1, 0.15) is 11.0 Å². The minimum absolute atomic E-state index is 0.432. The number of aromatic nitrogens is 2. The first-order valence-electron chi connectivity index (χ1n) is 3.55. The molecule has 2 N–H and O–H groups in total. The van der Waals surface area contributed by atoms with Crippen LogP contribution in [-0.2, 0) is 0 Å². The van der Waals surface area contributed by atoms with E-state index >= 15 is 0 Å². The number of nitrogen functional groups attached to an aromatic ring is 1. The fraction of sp³-hybridized carbons (Fsp3) is 0.429. The van der Waals surface area contributed by atoms with Crippen LogP contribution in [0.2, 0.25) is 5.15 Å². The summed E-state index contributed by atoms with van der Waals surface area (Å²) in [5, 5.41) is 0.432. The number of anilines is 1. The van der Waals surface area contributed by atoms with E-state index in [0.29, 0.717) is 16.9 Å². The molecule has 0 aliphatic heterocycles. The summed E-state index contributed by atoms with van der Waals surface area (Å²) in [4.78, 5) is 8.04. The summed E-state index contributed by atoms with van der Waals surface area (Å²) >= 11 is 5.66. The maximum absolute atomic E-state index is 5.66. The Morgan fingerprint density at radius 1 is 1.55 bits per heavy atom. The maximum Gasteiger partial charge on any atom is 0.147 e. The Balaban J connectivity index is 2.42. The first-order chi connectivity index (χ1) is 5.27. The summed E-state index contributed by atoms with van der Waals surface area (Å²) in [5.74, 6) is 1.04. The zero-order chi connectivity index (χ0) is 7.84. The molecule has 58 valence electrons. The molecule has 0 atom stereocenters. The van der Waals surface area contributed by atoms with Gasteiger partial charge in [-0.3, -0.25) is 0 Å². The van der Waals surface area contributed by atoms with Crippen LogP contribution in [0.4, 0.5) is 5.82 Å². The summed E-state index contributed by atoms with van der Waals surface area (Å²) in [5.41, 5.74) is 6.47. The van der Waals surface area contributed by atoms with Gasteiger partial charge in [0.25, 0.3) is 0 Å². The van der Waals surface area contributed by atoms with Gasteiger partial charge in [0.15, 0.2) is 0 Å². The quantitative estimate of drug-likeness (QED) is 0.695. The van der Waals surface area contributed by atoms with Crippen LogP contribution in [0.15, 0.2) is 6.20 Å². The molecule has 1 aromatic rings. The Morgan fingerprint density at radius 2 is 2.27 bits per heavy atom. The van der Waals surface area contributed by atoms with Crippen LogP contribution in [0.1, 0.15) is 24.5 Å². The van der Waals surface area contributed by atoms with Gasteiger partial charge in [-0.1, -0.05) is 11.6 Å². The second-order valence-electron chi connectivity index (χ2n) is 2.74. The highest BCUT2D eigenvalue weighted by Gasteiger charge is 2.27. The van der Waals surface area contributed by atoms with Crippen molar-refractivity contribution in [2.24, 2.45) is 0 Å². The Labute approximate surface area is 69.6 Å². The third-order valence-electron chi connectivity index (χ3n) is 1.76. The van der Waals surface area contributed by atoms with E-state index in [2.05, 4.69) is 9.97 Å². The van der Waals surface area contributed by atoms with E-state index in [0.717, 1.165) is 5.69 Å². The van der Waals surface area contributed by atoms with E-state index in [4.69, 9.17) is 17.3 Å². The van der Waals surface area contributed by atoms with E-state index in [-0.39, 0.29) is 0 Å². The normalized spacial score (nSPS) is 16.8. The van der Waals surface area contributed by atoms with Crippen molar-refractivity contribution < 1.29 is 0 Å². The molecule has 0 bridgehead atoms. The summed E-state index contributed by atoms with van der Waals surface area (Å²) < 4.78 is 0. The highest BCUT2D eigenvalue weighted by atomic mass is 35.5. The Bertz CT molecular complexity index is 283. The second-order valence-corrected chi connectivity index (χ2v) is 3.12. The third-order valence-corrected chi connectivity index (χ3v) is 1.95. The molecule has 1 aromatic heterocycles. The molecule has 0 unspecified atom stereocenters. The topological polar surface area (TPSA) is 51.8 Å². The highest BCUT2D eigenvalue weighted by Crippen LogP contribution is 2.41. The smallest absolute Gasteiger partial charge is 0.147 e. The van der Waals surface area contributed by atoms with Gasteiger partial charge in [-0.15, -0.1) is 0 Å². The van der Waals surface area contributed by atoms with Crippen LogP contribution in [0.3, 0.4) is 0 Å². The molecule has 1 heterocycles. The molecule has 0 radical (unpaired) electrons. The lowest BCUT2D eigenvalue weighted by atomic mass is 10.3. The zero-order valence-corrected chi connectivity index (χ0v) is 6.67. The van der Waals surface area contributed by atoms with Crippen LogP contribution < -0.4 is 5.73 Å². The Hall–Kier alpha value is -0.830. The van der Waals surface area contributed by atoms with Gasteiger partial charge in [0.05, 0.1) is 11.9 Å². The van der Waals surface area contributed by atoms with E-state index in [9.17, 15) is 0 Å². The molecule has 1 saturated carbocycles. The van der Waals surface area contributed by atoms with Crippen molar-refractivity contribution in [1.29, 1.82) is 0 Å². The number of rotatable bonds is 1. The molecule has 1 aliphatic rings. The highest BCUT2D eigenvalue weighted by molar-refractivity contribution is 6.29. The Morgan fingerprint density at radius 3 is 2.91 bits per heavy atom. The SMILES string of the molecule is Nc1ncc(Cl)nc1C1CC1. The summed E-state index contributed by atoms with van der Waals surface area (Å²) in [6.45, 7) is 0. The van der Waals surface area contributed by atoms with Crippen molar-refractivity contribution in [3.05, 3.63) is 17.0 Å². The first-order valence-corrected chi connectivity index (χ1v) is 3.93. The molecule has 1 fully saturated rings. The zero-order valence-electron chi connectivity index (χ0n) is 5.92. The van der Waals surface area contributed by atoms with Gasteiger partial charge in [0, 0.05) is 5.92 Å². The molecule has 4 heteroatoms.